The number of benzene rings is 2. The normalized spacial score (nSPS) is 18.1. The van der Waals surface area contributed by atoms with Crippen LogP contribution in [-0.4, -0.2) is 24.5 Å². The first-order valence-electron chi connectivity index (χ1n) is 9.36. The van der Waals surface area contributed by atoms with E-state index in [4.69, 9.17) is 4.74 Å². The molecule has 1 aliphatic rings. The molecule has 5 heteroatoms. The fourth-order valence-electron chi connectivity index (χ4n) is 3.13. The van der Waals surface area contributed by atoms with Gasteiger partial charge in [-0.3, -0.25) is 9.59 Å². The topological polar surface area (TPSA) is 58.6 Å². The van der Waals surface area contributed by atoms with Crippen molar-refractivity contribution in [2.75, 3.05) is 16.8 Å². The summed E-state index contributed by atoms with van der Waals surface area (Å²) in [5.41, 5.74) is 2.84. The van der Waals surface area contributed by atoms with Crippen molar-refractivity contribution in [3.8, 4) is 0 Å². The van der Waals surface area contributed by atoms with E-state index in [1.54, 1.807) is 0 Å². The summed E-state index contributed by atoms with van der Waals surface area (Å²) >= 11 is 0. The summed E-state index contributed by atoms with van der Waals surface area (Å²) in [6.45, 7) is 6.03. The van der Waals surface area contributed by atoms with E-state index >= 15 is 0 Å². The molecule has 0 aliphatic heterocycles. The van der Waals surface area contributed by atoms with E-state index < -0.39 is 0 Å². The second kappa shape index (κ2) is 8.25. The van der Waals surface area contributed by atoms with Gasteiger partial charge in [0.25, 0.3) is 5.91 Å². The van der Waals surface area contributed by atoms with Crippen molar-refractivity contribution in [1.82, 2.24) is 0 Å². The van der Waals surface area contributed by atoms with E-state index in [1.165, 1.54) is 0 Å². The molecule has 5 nitrogen and oxygen atoms in total. The van der Waals surface area contributed by atoms with E-state index in [-0.39, 0.29) is 30.4 Å². The molecule has 27 heavy (non-hydrogen) atoms. The lowest BCUT2D eigenvalue weighted by Crippen LogP contribution is -2.25. The number of hydrogen-bond donors (Lipinski definition) is 1. The van der Waals surface area contributed by atoms with Crippen LogP contribution in [0.4, 0.5) is 17.1 Å². The summed E-state index contributed by atoms with van der Waals surface area (Å²) in [5, 5.41) is 2.77. The van der Waals surface area contributed by atoms with Gasteiger partial charge in [-0.25, -0.2) is 0 Å². The molecule has 1 fully saturated rings. The van der Waals surface area contributed by atoms with Gasteiger partial charge in [-0.2, -0.15) is 0 Å². The van der Waals surface area contributed by atoms with Gasteiger partial charge < -0.3 is 15.0 Å². The number of carbonyl (C=O) groups is 2. The molecular formula is C22H26N2O3. The first-order valence-corrected chi connectivity index (χ1v) is 9.36. The Kier molecular flexibility index (Phi) is 5.79. The van der Waals surface area contributed by atoms with Crippen LogP contribution in [0.5, 0.6) is 0 Å². The number of amides is 1. The molecule has 1 N–H and O–H groups in total. The van der Waals surface area contributed by atoms with Crippen LogP contribution in [0.3, 0.4) is 0 Å². The van der Waals surface area contributed by atoms with Crippen LogP contribution < -0.4 is 10.2 Å². The van der Waals surface area contributed by atoms with Crippen molar-refractivity contribution >= 4 is 28.9 Å². The fourth-order valence-corrected chi connectivity index (χ4v) is 3.13. The third kappa shape index (κ3) is 4.88. The van der Waals surface area contributed by atoms with Gasteiger partial charge in [0.05, 0.1) is 5.92 Å². The molecule has 0 heterocycles. The van der Waals surface area contributed by atoms with Crippen molar-refractivity contribution in [2.45, 2.75) is 33.2 Å². The molecule has 142 valence electrons. The van der Waals surface area contributed by atoms with Crippen LogP contribution in [-0.2, 0) is 14.3 Å². The number of carbonyl (C=O) groups excluding carboxylic acids is 2. The van der Waals surface area contributed by atoms with E-state index in [0.717, 1.165) is 17.8 Å². The van der Waals surface area contributed by atoms with Crippen molar-refractivity contribution in [3.05, 3.63) is 54.6 Å². The lowest BCUT2D eigenvalue weighted by atomic mass is 10.2. The Morgan fingerprint density at radius 2 is 1.67 bits per heavy atom. The third-order valence-electron chi connectivity index (χ3n) is 4.74. The summed E-state index contributed by atoms with van der Waals surface area (Å²) in [6, 6.07) is 18.1. The predicted octanol–water partition coefficient (Wildman–Crippen LogP) is 4.37. The van der Waals surface area contributed by atoms with Crippen molar-refractivity contribution in [3.63, 3.8) is 0 Å². The first kappa shape index (κ1) is 19.0. The maximum absolute atomic E-state index is 12.0. The zero-order chi connectivity index (χ0) is 19.4. The molecule has 2 atom stereocenters. The van der Waals surface area contributed by atoms with Gasteiger partial charge in [-0.1, -0.05) is 25.1 Å². The molecule has 1 aliphatic carbocycles. The quantitative estimate of drug-likeness (QED) is 0.739. The number of hydrogen-bond acceptors (Lipinski definition) is 4. The molecule has 2 aromatic carbocycles. The van der Waals surface area contributed by atoms with Gasteiger partial charge in [0.15, 0.2) is 6.61 Å². The number of nitrogens with zero attached hydrogens (tertiary/aromatic N) is 1. The molecule has 0 saturated heterocycles. The molecule has 2 aromatic rings. The second-order valence-corrected chi connectivity index (χ2v) is 7.32. The number of para-hydroxylation sites is 1. The molecule has 0 aromatic heterocycles. The average molecular weight is 366 g/mol. The average Bonchev–Trinajstić information content (AvgIpc) is 3.39. The van der Waals surface area contributed by atoms with Crippen LogP contribution in [0.1, 0.15) is 27.2 Å². The largest absolute Gasteiger partial charge is 0.455 e. The van der Waals surface area contributed by atoms with Crippen LogP contribution in [0, 0.1) is 11.8 Å². The highest BCUT2D eigenvalue weighted by atomic mass is 16.5. The number of ether oxygens (including phenoxy) is 1. The molecule has 1 saturated carbocycles. The number of anilines is 3. The zero-order valence-corrected chi connectivity index (χ0v) is 16.0. The number of rotatable bonds is 7. The Balaban J connectivity index is 1.59. The SMILES string of the molecule is CC(C)N(c1ccccc1)c1ccc(NC(=O)COC(=O)[C@H]2C[C@@H]2C)cc1. The number of nitrogens with one attached hydrogen (secondary N) is 1. The molecular weight excluding hydrogens is 340 g/mol. The fraction of sp³-hybridized carbons (Fsp3) is 0.364. The minimum absolute atomic E-state index is 0.0305. The van der Waals surface area contributed by atoms with Gasteiger partial charge in [0, 0.05) is 23.1 Å². The van der Waals surface area contributed by atoms with Gasteiger partial charge in [0.2, 0.25) is 0 Å². The van der Waals surface area contributed by atoms with Gasteiger partial charge >= 0.3 is 5.97 Å². The molecule has 0 unspecified atom stereocenters. The lowest BCUT2D eigenvalue weighted by molar-refractivity contribution is -0.148. The zero-order valence-electron chi connectivity index (χ0n) is 16.0. The van der Waals surface area contributed by atoms with Gasteiger partial charge in [0.1, 0.15) is 0 Å². The minimum Gasteiger partial charge on any atom is -0.455 e. The second-order valence-electron chi connectivity index (χ2n) is 7.32. The first-order chi connectivity index (χ1) is 13.0. The molecule has 1 amide bonds. The Bertz CT molecular complexity index is 787. The van der Waals surface area contributed by atoms with E-state index in [1.807, 2.05) is 49.4 Å². The van der Waals surface area contributed by atoms with E-state index in [2.05, 4.69) is 36.2 Å². The summed E-state index contributed by atoms with van der Waals surface area (Å²) in [6.07, 6.45) is 0.857. The van der Waals surface area contributed by atoms with Crippen LogP contribution >= 0.6 is 0 Å². The van der Waals surface area contributed by atoms with Crippen molar-refractivity contribution in [1.29, 1.82) is 0 Å². The predicted molar refractivity (Wildman–Crippen MR) is 107 cm³/mol. The van der Waals surface area contributed by atoms with Crippen molar-refractivity contribution < 1.29 is 14.3 Å². The highest BCUT2D eigenvalue weighted by Gasteiger charge is 2.40. The summed E-state index contributed by atoms with van der Waals surface area (Å²) in [7, 11) is 0. The molecule has 0 spiro atoms. The third-order valence-corrected chi connectivity index (χ3v) is 4.74. The highest BCUT2D eigenvalue weighted by molar-refractivity contribution is 5.93. The maximum atomic E-state index is 12.0. The monoisotopic (exact) mass is 366 g/mol. The summed E-state index contributed by atoms with van der Waals surface area (Å²) in [5.74, 6) is -0.254. The highest BCUT2D eigenvalue weighted by Crippen LogP contribution is 2.38. The maximum Gasteiger partial charge on any atom is 0.309 e. The summed E-state index contributed by atoms with van der Waals surface area (Å²) < 4.78 is 5.06. The Morgan fingerprint density at radius 3 is 2.22 bits per heavy atom. The minimum atomic E-state index is -0.326. The van der Waals surface area contributed by atoms with Crippen LogP contribution in [0.25, 0.3) is 0 Å². The smallest absolute Gasteiger partial charge is 0.309 e. The Labute approximate surface area is 160 Å². The molecule has 3 rings (SSSR count). The van der Waals surface area contributed by atoms with Gasteiger partial charge in [-0.05, 0) is 62.6 Å². The molecule has 0 radical (unpaired) electrons. The standard InChI is InChI=1S/C22H26N2O3/c1-15(2)24(18-7-5-4-6-8-18)19-11-9-17(10-12-19)23-21(25)14-27-22(26)20-13-16(20)3/h4-12,15-16,20H,13-14H2,1-3H3,(H,23,25)/t16-,20-/m0/s1. The number of esters is 1. The van der Waals surface area contributed by atoms with E-state index in [0.29, 0.717) is 11.6 Å². The van der Waals surface area contributed by atoms with Gasteiger partial charge in [-0.15, -0.1) is 0 Å². The van der Waals surface area contributed by atoms with Crippen LogP contribution in [0.2, 0.25) is 0 Å². The summed E-state index contributed by atoms with van der Waals surface area (Å²) in [4.78, 5) is 25.9. The Morgan fingerprint density at radius 1 is 1.07 bits per heavy atom. The van der Waals surface area contributed by atoms with E-state index in [9.17, 15) is 9.59 Å². The van der Waals surface area contributed by atoms with Crippen LogP contribution in [0.15, 0.2) is 54.6 Å². The Hall–Kier alpha value is -2.82. The lowest BCUT2D eigenvalue weighted by Gasteiger charge is -2.29. The van der Waals surface area contributed by atoms with Crippen molar-refractivity contribution in [2.24, 2.45) is 11.8 Å². The molecule has 0 bridgehead atoms.